The van der Waals surface area contributed by atoms with Crippen molar-refractivity contribution in [3.63, 3.8) is 0 Å². The average Bonchev–Trinajstić information content (AvgIpc) is 2.94. The van der Waals surface area contributed by atoms with Crippen LogP contribution < -0.4 is 0 Å². The van der Waals surface area contributed by atoms with Gasteiger partial charge in [-0.1, -0.05) is 35.9 Å². The quantitative estimate of drug-likeness (QED) is 0.708. The number of rotatable bonds is 4. The molecule has 0 unspecified atom stereocenters. The molecule has 1 aromatic heterocycles. The summed E-state index contributed by atoms with van der Waals surface area (Å²) >= 11 is 0. The zero-order valence-electron chi connectivity index (χ0n) is 13.1. The summed E-state index contributed by atoms with van der Waals surface area (Å²) in [5.41, 5.74) is 4.12. The van der Waals surface area contributed by atoms with Gasteiger partial charge in [0.05, 0.1) is 6.42 Å². The number of hydrogen-bond acceptors (Lipinski definition) is 3. The minimum atomic E-state index is -0.238. The van der Waals surface area contributed by atoms with Gasteiger partial charge in [-0.3, -0.25) is 0 Å². The van der Waals surface area contributed by atoms with E-state index in [-0.39, 0.29) is 5.82 Å². The molecular weight excluding hydrogens is 291 g/mol. The molecular formula is C19H17FN2O. The zero-order valence-corrected chi connectivity index (χ0v) is 13.1. The largest absolute Gasteiger partial charge is 0.421 e. The number of halogens is 1. The van der Waals surface area contributed by atoms with Gasteiger partial charge in [0.15, 0.2) is 0 Å². The Morgan fingerprint density at radius 2 is 1.91 bits per heavy atom. The summed E-state index contributed by atoms with van der Waals surface area (Å²) in [6.07, 6.45) is 4.20. The van der Waals surface area contributed by atoms with Gasteiger partial charge >= 0.3 is 0 Å². The van der Waals surface area contributed by atoms with Crippen molar-refractivity contribution in [2.24, 2.45) is 0 Å². The van der Waals surface area contributed by atoms with E-state index in [2.05, 4.69) is 29.3 Å². The topological polar surface area (TPSA) is 38.9 Å². The van der Waals surface area contributed by atoms with Crippen LogP contribution in [-0.2, 0) is 6.42 Å². The number of benzene rings is 2. The van der Waals surface area contributed by atoms with Crippen molar-refractivity contribution < 1.29 is 8.81 Å². The number of nitrogens with zero attached hydrogens (tertiary/aromatic N) is 2. The highest BCUT2D eigenvalue weighted by Crippen LogP contribution is 2.15. The lowest BCUT2D eigenvalue weighted by Gasteiger charge is -1.99. The highest BCUT2D eigenvalue weighted by Gasteiger charge is 2.05. The molecule has 0 fully saturated rings. The molecule has 116 valence electrons. The fourth-order valence-corrected chi connectivity index (χ4v) is 2.39. The third kappa shape index (κ3) is 3.92. The average molecular weight is 308 g/mol. The van der Waals surface area contributed by atoms with Crippen LogP contribution in [0.3, 0.4) is 0 Å². The van der Waals surface area contributed by atoms with Crippen LogP contribution in [0.2, 0.25) is 0 Å². The van der Waals surface area contributed by atoms with Gasteiger partial charge in [0.2, 0.25) is 11.8 Å². The van der Waals surface area contributed by atoms with E-state index < -0.39 is 0 Å². The Morgan fingerprint density at radius 1 is 1.04 bits per heavy atom. The molecule has 3 rings (SSSR count). The smallest absolute Gasteiger partial charge is 0.240 e. The van der Waals surface area contributed by atoms with Crippen molar-refractivity contribution in [3.05, 3.63) is 82.3 Å². The van der Waals surface area contributed by atoms with Crippen LogP contribution in [-0.4, -0.2) is 10.2 Å². The molecule has 0 aliphatic carbocycles. The van der Waals surface area contributed by atoms with Gasteiger partial charge in [0.25, 0.3) is 0 Å². The van der Waals surface area contributed by atoms with Gasteiger partial charge in [-0.2, -0.15) is 0 Å². The first-order valence-corrected chi connectivity index (χ1v) is 7.42. The van der Waals surface area contributed by atoms with E-state index in [4.69, 9.17) is 4.42 Å². The highest BCUT2D eigenvalue weighted by atomic mass is 19.1. The van der Waals surface area contributed by atoms with Crippen LogP contribution in [0.25, 0.3) is 12.2 Å². The second kappa shape index (κ2) is 6.57. The molecule has 4 heteroatoms. The second-order valence-corrected chi connectivity index (χ2v) is 5.53. The Morgan fingerprint density at radius 3 is 2.70 bits per heavy atom. The fraction of sp³-hybridized carbons (Fsp3) is 0.158. The van der Waals surface area contributed by atoms with Crippen LogP contribution >= 0.6 is 0 Å². The van der Waals surface area contributed by atoms with Gasteiger partial charge < -0.3 is 4.42 Å². The molecule has 23 heavy (non-hydrogen) atoms. The number of aryl methyl sites for hydroxylation is 2. The van der Waals surface area contributed by atoms with E-state index in [1.165, 1.54) is 17.7 Å². The van der Waals surface area contributed by atoms with Gasteiger partial charge in [0, 0.05) is 6.08 Å². The summed E-state index contributed by atoms with van der Waals surface area (Å²) < 4.78 is 18.7. The molecule has 0 bridgehead atoms. The number of aromatic nitrogens is 2. The fourth-order valence-electron chi connectivity index (χ4n) is 2.39. The lowest BCUT2D eigenvalue weighted by Crippen LogP contribution is -1.88. The zero-order chi connectivity index (χ0) is 16.2. The van der Waals surface area contributed by atoms with Crippen LogP contribution in [0.4, 0.5) is 4.39 Å². The molecule has 0 saturated heterocycles. The summed E-state index contributed by atoms with van der Waals surface area (Å²) in [6.45, 7) is 3.91. The van der Waals surface area contributed by atoms with E-state index in [1.54, 1.807) is 12.1 Å². The number of hydrogen-bond donors (Lipinski definition) is 0. The highest BCUT2D eigenvalue weighted by molar-refractivity contribution is 5.67. The molecule has 0 N–H and O–H groups in total. The second-order valence-electron chi connectivity index (χ2n) is 5.53. The first-order valence-electron chi connectivity index (χ1n) is 7.42. The third-order valence-corrected chi connectivity index (χ3v) is 3.56. The molecule has 0 radical (unpaired) electrons. The van der Waals surface area contributed by atoms with Gasteiger partial charge in [-0.05, 0) is 48.7 Å². The Kier molecular flexibility index (Phi) is 4.33. The maximum Gasteiger partial charge on any atom is 0.240 e. The molecule has 0 amide bonds. The molecule has 0 aliphatic rings. The molecule has 0 saturated carbocycles. The normalized spacial score (nSPS) is 11.3. The van der Waals surface area contributed by atoms with Gasteiger partial charge in [0.1, 0.15) is 5.82 Å². The maximum absolute atomic E-state index is 13.1. The Balaban J connectivity index is 1.73. The van der Waals surface area contributed by atoms with E-state index in [1.807, 2.05) is 25.1 Å². The lowest BCUT2D eigenvalue weighted by atomic mass is 10.1. The van der Waals surface area contributed by atoms with Gasteiger partial charge in [-0.15, -0.1) is 10.2 Å². The van der Waals surface area contributed by atoms with Crippen molar-refractivity contribution in [2.45, 2.75) is 20.3 Å². The maximum atomic E-state index is 13.1. The van der Waals surface area contributed by atoms with Crippen molar-refractivity contribution in [1.82, 2.24) is 10.2 Å². The summed E-state index contributed by atoms with van der Waals surface area (Å²) in [6, 6.07) is 12.9. The van der Waals surface area contributed by atoms with Gasteiger partial charge in [-0.25, -0.2) is 4.39 Å². The SMILES string of the molecule is Cc1cccc(Cc2nnc(/C=C/c3ccc(F)cc3C)o2)c1. The summed E-state index contributed by atoms with van der Waals surface area (Å²) in [5, 5.41) is 8.08. The van der Waals surface area contributed by atoms with Crippen molar-refractivity contribution in [2.75, 3.05) is 0 Å². The monoisotopic (exact) mass is 308 g/mol. The van der Waals surface area contributed by atoms with E-state index >= 15 is 0 Å². The van der Waals surface area contributed by atoms with Crippen LogP contribution in [0, 0.1) is 19.7 Å². The summed E-state index contributed by atoms with van der Waals surface area (Å²) in [7, 11) is 0. The molecule has 0 aliphatic heterocycles. The molecule has 3 nitrogen and oxygen atoms in total. The lowest BCUT2D eigenvalue weighted by molar-refractivity contribution is 0.496. The summed E-state index contributed by atoms with van der Waals surface area (Å²) in [4.78, 5) is 0. The molecule has 0 atom stereocenters. The molecule has 0 spiro atoms. The van der Waals surface area contributed by atoms with Crippen molar-refractivity contribution in [1.29, 1.82) is 0 Å². The van der Waals surface area contributed by atoms with E-state index in [9.17, 15) is 4.39 Å². The summed E-state index contributed by atoms with van der Waals surface area (Å²) in [5.74, 6) is 0.778. The minimum Gasteiger partial charge on any atom is -0.421 e. The Bertz CT molecular complexity index is 852. The molecule has 1 heterocycles. The van der Waals surface area contributed by atoms with Crippen LogP contribution in [0.5, 0.6) is 0 Å². The Labute approximate surface area is 134 Å². The Hall–Kier alpha value is -2.75. The van der Waals surface area contributed by atoms with Crippen LogP contribution in [0.15, 0.2) is 46.9 Å². The molecule has 2 aromatic carbocycles. The van der Waals surface area contributed by atoms with E-state index in [0.29, 0.717) is 18.2 Å². The predicted octanol–water partition coefficient (Wildman–Crippen LogP) is 4.59. The van der Waals surface area contributed by atoms with Crippen LogP contribution in [0.1, 0.15) is 34.0 Å². The first-order chi connectivity index (χ1) is 11.1. The molecule has 3 aromatic rings. The van der Waals surface area contributed by atoms with Crippen molar-refractivity contribution in [3.8, 4) is 0 Å². The predicted molar refractivity (Wildman–Crippen MR) is 88.3 cm³/mol. The van der Waals surface area contributed by atoms with E-state index in [0.717, 1.165) is 16.7 Å². The third-order valence-electron chi connectivity index (χ3n) is 3.56. The minimum absolute atomic E-state index is 0.238. The first kappa shape index (κ1) is 15.2. The van der Waals surface area contributed by atoms with Crippen molar-refractivity contribution >= 4 is 12.2 Å². The standard InChI is InChI=1S/C19H17FN2O/c1-13-4-3-5-15(10-13)12-19-22-21-18(23-19)9-7-16-6-8-17(20)11-14(16)2/h3-11H,12H2,1-2H3/b9-7+.